The molecule has 0 bridgehead atoms. The van der Waals surface area contributed by atoms with Gasteiger partial charge in [0.2, 0.25) is 0 Å². The first-order chi connectivity index (χ1) is 15.5. The largest absolute Gasteiger partial charge is 0.493 e. The summed E-state index contributed by atoms with van der Waals surface area (Å²) in [7, 11) is 1.46. The first kappa shape index (κ1) is 22.4. The van der Waals surface area contributed by atoms with E-state index in [9.17, 15) is 20.6 Å². The van der Waals surface area contributed by atoms with Crippen molar-refractivity contribution in [2.24, 2.45) is 0 Å². The minimum atomic E-state index is -0.519. The summed E-state index contributed by atoms with van der Waals surface area (Å²) in [6.07, 6.45) is 1.56. The lowest BCUT2D eigenvalue weighted by atomic mass is 10.0. The van der Waals surface area contributed by atoms with Gasteiger partial charge in [0.1, 0.15) is 6.61 Å². The van der Waals surface area contributed by atoms with E-state index in [4.69, 9.17) is 21.1 Å². The monoisotopic (exact) mass is 445 g/mol. The first-order valence-electron chi connectivity index (χ1n) is 9.31. The second-order valence-electron chi connectivity index (χ2n) is 6.57. The van der Waals surface area contributed by atoms with E-state index in [1.54, 1.807) is 42.5 Å². The lowest BCUT2D eigenvalue weighted by molar-refractivity contribution is -0.384. The fraction of sp³-hybridized carbons (Fsp3) is 0.0833. The van der Waals surface area contributed by atoms with E-state index in [2.05, 4.69) is 12.1 Å². The summed E-state index contributed by atoms with van der Waals surface area (Å²) in [5, 5.41) is 30.1. The van der Waals surface area contributed by atoms with Crippen molar-refractivity contribution >= 4 is 28.9 Å². The lowest BCUT2D eigenvalue weighted by Gasteiger charge is -2.14. The van der Waals surface area contributed by atoms with Crippen molar-refractivity contribution in [2.45, 2.75) is 6.61 Å². The van der Waals surface area contributed by atoms with Crippen molar-refractivity contribution in [1.29, 1.82) is 10.5 Å². The number of nitro benzene ring substituents is 1. The molecule has 0 aliphatic heterocycles. The normalized spacial score (nSPS) is 10.7. The van der Waals surface area contributed by atoms with E-state index in [0.717, 1.165) is 0 Å². The van der Waals surface area contributed by atoms with Gasteiger partial charge < -0.3 is 9.47 Å². The van der Waals surface area contributed by atoms with E-state index in [0.29, 0.717) is 33.8 Å². The van der Waals surface area contributed by atoms with Gasteiger partial charge in [0.05, 0.1) is 40.3 Å². The van der Waals surface area contributed by atoms with Crippen LogP contribution in [0.2, 0.25) is 5.02 Å². The van der Waals surface area contributed by atoms with Gasteiger partial charge in [-0.25, -0.2) is 0 Å². The summed E-state index contributed by atoms with van der Waals surface area (Å²) >= 11 is 6.42. The number of non-ortho nitro benzene ring substituents is 1. The number of hydrogen-bond donors (Lipinski definition) is 0. The predicted octanol–water partition coefficient (Wildman–Crippen LogP) is 5.77. The Balaban J connectivity index is 1.93. The Kier molecular flexibility index (Phi) is 7.07. The van der Waals surface area contributed by atoms with Gasteiger partial charge in [-0.2, -0.15) is 10.5 Å². The van der Waals surface area contributed by atoms with E-state index in [1.165, 1.54) is 25.3 Å². The van der Waals surface area contributed by atoms with Crippen LogP contribution < -0.4 is 9.47 Å². The molecule has 0 aliphatic carbocycles. The summed E-state index contributed by atoms with van der Waals surface area (Å²) in [5.41, 5.74) is 2.28. The molecule has 3 aromatic rings. The van der Waals surface area contributed by atoms with Gasteiger partial charge in [-0.1, -0.05) is 41.9 Å². The molecule has 3 aromatic carbocycles. The smallest absolute Gasteiger partial charge is 0.270 e. The fourth-order valence-electron chi connectivity index (χ4n) is 3.00. The van der Waals surface area contributed by atoms with Gasteiger partial charge >= 0.3 is 0 Å². The summed E-state index contributed by atoms with van der Waals surface area (Å²) in [5.74, 6) is 0.641. The highest BCUT2D eigenvalue weighted by atomic mass is 35.5. The molecule has 0 aliphatic rings. The van der Waals surface area contributed by atoms with Crippen LogP contribution in [0, 0.1) is 32.8 Å². The molecule has 8 heteroatoms. The van der Waals surface area contributed by atoms with Gasteiger partial charge in [0, 0.05) is 17.7 Å². The van der Waals surface area contributed by atoms with Crippen molar-refractivity contribution in [3.63, 3.8) is 0 Å². The Morgan fingerprint density at radius 1 is 1.16 bits per heavy atom. The second-order valence-corrected chi connectivity index (χ2v) is 6.98. The van der Waals surface area contributed by atoms with Crippen LogP contribution in [0.4, 0.5) is 5.69 Å². The standard InChI is InChI=1S/C24H16ClN3O4/c1-31-23-11-16(9-20(14-27)17-7-4-8-21(12-17)28(29)30)10-22(25)24(23)32-15-19-6-3-2-5-18(19)13-26/h2-12H,15H2,1H3. The third-order valence-electron chi connectivity index (χ3n) is 4.56. The molecule has 0 saturated heterocycles. The lowest BCUT2D eigenvalue weighted by Crippen LogP contribution is -2.01. The Hall–Kier alpha value is -4.33. The average molecular weight is 446 g/mol. The van der Waals surface area contributed by atoms with E-state index < -0.39 is 4.92 Å². The van der Waals surface area contributed by atoms with Gasteiger partial charge in [-0.3, -0.25) is 10.1 Å². The Labute approximate surface area is 189 Å². The molecule has 7 nitrogen and oxygen atoms in total. The van der Waals surface area contributed by atoms with Gasteiger partial charge in [0.15, 0.2) is 11.5 Å². The SMILES string of the molecule is COc1cc(C=C(C#N)c2cccc([N+](=O)[O-])c2)cc(Cl)c1OCc1ccccc1C#N. The molecule has 0 aromatic heterocycles. The maximum absolute atomic E-state index is 11.0. The Bertz CT molecular complexity index is 1290. The number of halogens is 1. The molecule has 0 N–H and O–H groups in total. The molecule has 0 saturated carbocycles. The Morgan fingerprint density at radius 2 is 1.94 bits per heavy atom. The first-order valence-corrected chi connectivity index (χ1v) is 9.69. The molecule has 0 spiro atoms. The number of rotatable bonds is 7. The highest BCUT2D eigenvalue weighted by molar-refractivity contribution is 6.32. The molecule has 3 rings (SSSR count). The number of methoxy groups -OCH3 is 1. The predicted molar refractivity (Wildman–Crippen MR) is 120 cm³/mol. The van der Waals surface area contributed by atoms with Crippen LogP contribution >= 0.6 is 11.6 Å². The molecular formula is C24H16ClN3O4. The maximum Gasteiger partial charge on any atom is 0.270 e. The van der Waals surface area contributed by atoms with Crippen LogP contribution in [0.1, 0.15) is 22.3 Å². The molecule has 0 amide bonds. The molecule has 0 atom stereocenters. The summed E-state index contributed by atoms with van der Waals surface area (Å²) in [6, 6.07) is 20.3. The minimum absolute atomic E-state index is 0.110. The number of ether oxygens (including phenoxy) is 2. The molecule has 0 fully saturated rings. The average Bonchev–Trinajstić information content (AvgIpc) is 2.81. The van der Waals surface area contributed by atoms with Crippen molar-refractivity contribution in [1.82, 2.24) is 0 Å². The zero-order chi connectivity index (χ0) is 23.1. The zero-order valence-corrected chi connectivity index (χ0v) is 17.7. The summed E-state index contributed by atoms with van der Waals surface area (Å²) in [4.78, 5) is 10.5. The highest BCUT2D eigenvalue weighted by Gasteiger charge is 2.14. The molecular weight excluding hydrogens is 430 g/mol. The molecule has 158 valence electrons. The number of allylic oxidation sites excluding steroid dienone is 1. The van der Waals surface area contributed by atoms with E-state index >= 15 is 0 Å². The highest BCUT2D eigenvalue weighted by Crippen LogP contribution is 2.38. The minimum Gasteiger partial charge on any atom is -0.493 e. The molecule has 32 heavy (non-hydrogen) atoms. The van der Waals surface area contributed by atoms with Crippen molar-refractivity contribution < 1.29 is 14.4 Å². The van der Waals surface area contributed by atoms with Crippen molar-refractivity contribution in [3.05, 3.63) is 98.1 Å². The van der Waals surface area contributed by atoms with E-state index in [1.807, 2.05) is 6.07 Å². The van der Waals surface area contributed by atoms with Crippen LogP contribution in [0.15, 0.2) is 60.7 Å². The molecule has 0 radical (unpaired) electrons. The molecule has 0 heterocycles. The van der Waals surface area contributed by atoms with Crippen LogP contribution in [-0.4, -0.2) is 12.0 Å². The number of nitriles is 2. The number of nitro groups is 1. The maximum atomic E-state index is 11.0. The Morgan fingerprint density at radius 3 is 2.62 bits per heavy atom. The third-order valence-corrected chi connectivity index (χ3v) is 4.84. The number of benzene rings is 3. The molecule has 0 unspecified atom stereocenters. The van der Waals surface area contributed by atoms with Gasteiger partial charge in [0.25, 0.3) is 5.69 Å². The van der Waals surface area contributed by atoms with Crippen LogP contribution in [0.5, 0.6) is 11.5 Å². The second kappa shape index (κ2) is 10.1. The van der Waals surface area contributed by atoms with Crippen LogP contribution in [-0.2, 0) is 6.61 Å². The summed E-state index contributed by atoms with van der Waals surface area (Å²) in [6.45, 7) is 0.117. The van der Waals surface area contributed by atoms with Crippen molar-refractivity contribution in [3.8, 4) is 23.6 Å². The summed E-state index contributed by atoms with van der Waals surface area (Å²) < 4.78 is 11.2. The van der Waals surface area contributed by atoms with Crippen molar-refractivity contribution in [2.75, 3.05) is 7.11 Å². The van der Waals surface area contributed by atoms with Crippen LogP contribution in [0.25, 0.3) is 11.6 Å². The van der Waals surface area contributed by atoms with Crippen LogP contribution in [0.3, 0.4) is 0 Å². The topological polar surface area (TPSA) is 109 Å². The van der Waals surface area contributed by atoms with E-state index in [-0.39, 0.29) is 22.9 Å². The zero-order valence-electron chi connectivity index (χ0n) is 16.9. The quantitative estimate of drug-likeness (QED) is 0.197. The van der Waals surface area contributed by atoms with Gasteiger partial charge in [-0.05, 0) is 35.4 Å². The fourth-order valence-corrected chi connectivity index (χ4v) is 3.28. The number of hydrogen-bond acceptors (Lipinski definition) is 6. The third kappa shape index (κ3) is 5.04. The number of nitrogens with zero attached hydrogens (tertiary/aromatic N) is 3. The van der Waals surface area contributed by atoms with Gasteiger partial charge in [-0.15, -0.1) is 0 Å².